The molecular weight excluding hydrogens is 516 g/mol. The molecular formula is C26H26N2O7S2. The number of rotatable bonds is 8. The van der Waals surface area contributed by atoms with Gasteiger partial charge in [0.2, 0.25) is 17.7 Å². The van der Waals surface area contributed by atoms with Crippen LogP contribution in [0.4, 0.5) is 10.7 Å². The predicted molar refractivity (Wildman–Crippen MR) is 140 cm³/mol. The monoisotopic (exact) mass is 542 g/mol. The maximum absolute atomic E-state index is 13.4. The van der Waals surface area contributed by atoms with E-state index in [9.17, 15) is 24.0 Å². The van der Waals surface area contributed by atoms with Crippen molar-refractivity contribution < 1.29 is 33.8 Å². The van der Waals surface area contributed by atoms with Crippen LogP contribution in [-0.2, 0) is 36.8 Å². The summed E-state index contributed by atoms with van der Waals surface area (Å²) in [5.41, 5.74) is 1.69. The van der Waals surface area contributed by atoms with E-state index in [-0.39, 0.29) is 24.8 Å². The van der Waals surface area contributed by atoms with Gasteiger partial charge in [-0.05, 0) is 61.9 Å². The fraction of sp³-hybridized carbons (Fsp3) is 0.346. The average Bonchev–Trinajstić information content (AvgIpc) is 3.34. The Labute approximate surface area is 221 Å². The number of thiophene rings is 1. The van der Waals surface area contributed by atoms with E-state index < -0.39 is 23.1 Å². The lowest BCUT2D eigenvalue weighted by Gasteiger charge is -2.18. The maximum Gasteiger partial charge on any atom is 0.341 e. The molecule has 11 heteroatoms. The van der Waals surface area contributed by atoms with Crippen LogP contribution in [0.25, 0.3) is 0 Å². The van der Waals surface area contributed by atoms with Crippen LogP contribution in [0, 0.1) is 5.92 Å². The minimum absolute atomic E-state index is 0.00318. The number of carbonyl (C=O) groups is 5. The van der Waals surface area contributed by atoms with E-state index in [1.165, 1.54) is 23.1 Å². The van der Waals surface area contributed by atoms with Gasteiger partial charge in [0.15, 0.2) is 0 Å². The number of aliphatic carboxylic acids is 1. The summed E-state index contributed by atoms with van der Waals surface area (Å²) in [6.07, 6.45) is 4.10. The van der Waals surface area contributed by atoms with Crippen LogP contribution in [0.2, 0.25) is 0 Å². The zero-order chi connectivity index (χ0) is 26.7. The molecule has 0 bridgehead atoms. The van der Waals surface area contributed by atoms with Crippen molar-refractivity contribution in [3.63, 3.8) is 0 Å². The van der Waals surface area contributed by atoms with Crippen LogP contribution >= 0.6 is 23.1 Å². The number of thioether (sulfide) groups is 1. The van der Waals surface area contributed by atoms with Gasteiger partial charge < -0.3 is 15.2 Å². The molecule has 1 fully saturated rings. The molecule has 0 radical (unpaired) electrons. The van der Waals surface area contributed by atoms with Crippen molar-refractivity contribution in [3.05, 3.63) is 52.4 Å². The Balaban J connectivity index is 1.51. The number of fused-ring (bicyclic) bond motifs is 1. The van der Waals surface area contributed by atoms with Crippen LogP contribution in [0.5, 0.6) is 0 Å². The van der Waals surface area contributed by atoms with Gasteiger partial charge in [-0.3, -0.25) is 14.4 Å². The van der Waals surface area contributed by atoms with Gasteiger partial charge in [0.25, 0.3) is 0 Å². The van der Waals surface area contributed by atoms with Gasteiger partial charge in [0.1, 0.15) is 5.00 Å². The van der Waals surface area contributed by atoms with Gasteiger partial charge in [0, 0.05) is 34.0 Å². The lowest BCUT2D eigenvalue weighted by Crippen LogP contribution is -2.32. The molecule has 37 heavy (non-hydrogen) atoms. The molecule has 3 amide bonds. The number of carboxylic acid groups (broad SMARTS) is 1. The summed E-state index contributed by atoms with van der Waals surface area (Å²) in [4.78, 5) is 64.5. The standard InChI is InChI=1S/C26H26N2O7S2/c1-3-35-26(34)23-17-9-4-14(2)12-18(17)37-25(23)28-21(30)13-19(24(28)33)36-16-7-5-15(6-8-16)27-20(29)10-11-22(31)32/h5-8,10-11,14,19H,3-4,9,12-13H2,1-2H3,(H,27,29)(H,31,32)/b11-10+/t14-,19+/m0/s1. The zero-order valence-corrected chi connectivity index (χ0v) is 21.9. The average molecular weight is 543 g/mol. The van der Waals surface area contributed by atoms with E-state index in [1.807, 2.05) is 0 Å². The number of nitrogens with one attached hydrogen (secondary N) is 1. The van der Waals surface area contributed by atoms with Crippen LogP contribution in [0.3, 0.4) is 0 Å². The van der Waals surface area contributed by atoms with Crippen molar-refractivity contribution in [3.8, 4) is 0 Å². The van der Waals surface area contributed by atoms with E-state index in [0.29, 0.717) is 28.6 Å². The van der Waals surface area contributed by atoms with E-state index in [2.05, 4.69) is 12.2 Å². The smallest absolute Gasteiger partial charge is 0.341 e. The second-order valence-corrected chi connectivity index (χ2v) is 11.2. The number of carboxylic acids is 1. The topological polar surface area (TPSA) is 130 Å². The van der Waals surface area contributed by atoms with Gasteiger partial charge in [0.05, 0.1) is 17.4 Å². The van der Waals surface area contributed by atoms with Gasteiger partial charge in [-0.1, -0.05) is 6.92 Å². The quantitative estimate of drug-likeness (QED) is 0.290. The molecule has 2 heterocycles. The highest BCUT2D eigenvalue weighted by Gasteiger charge is 2.44. The first-order valence-electron chi connectivity index (χ1n) is 11.8. The number of imide groups is 1. The summed E-state index contributed by atoms with van der Waals surface area (Å²) < 4.78 is 5.29. The summed E-state index contributed by atoms with van der Waals surface area (Å²) >= 11 is 2.57. The predicted octanol–water partition coefficient (Wildman–Crippen LogP) is 4.05. The normalized spacial score (nSPS) is 19.2. The lowest BCUT2D eigenvalue weighted by molar-refractivity contribution is -0.131. The first-order chi connectivity index (χ1) is 17.7. The van der Waals surface area contributed by atoms with Crippen LogP contribution in [-0.4, -0.2) is 46.6 Å². The second-order valence-electron chi connectivity index (χ2n) is 8.82. The van der Waals surface area contributed by atoms with E-state index >= 15 is 0 Å². The summed E-state index contributed by atoms with van der Waals surface area (Å²) in [7, 11) is 0. The number of nitrogens with zero attached hydrogens (tertiary/aromatic N) is 1. The zero-order valence-electron chi connectivity index (χ0n) is 20.3. The minimum Gasteiger partial charge on any atom is -0.478 e. The summed E-state index contributed by atoms with van der Waals surface area (Å²) in [6.45, 7) is 4.07. The lowest BCUT2D eigenvalue weighted by atomic mass is 9.88. The first-order valence-corrected chi connectivity index (χ1v) is 13.5. The second kappa shape index (κ2) is 11.3. The third kappa shape index (κ3) is 5.94. The molecule has 9 nitrogen and oxygen atoms in total. The molecule has 0 unspecified atom stereocenters. The van der Waals surface area contributed by atoms with E-state index in [1.54, 1.807) is 31.2 Å². The molecule has 0 spiro atoms. The fourth-order valence-corrected chi connectivity index (χ4v) is 6.90. The molecule has 2 aromatic rings. The third-order valence-corrected chi connectivity index (χ3v) is 8.50. The van der Waals surface area contributed by atoms with Crippen LogP contribution in [0.1, 0.15) is 47.5 Å². The van der Waals surface area contributed by atoms with Crippen molar-refractivity contribution in [2.24, 2.45) is 5.92 Å². The number of hydrogen-bond acceptors (Lipinski definition) is 8. The van der Waals surface area contributed by atoms with Crippen molar-refractivity contribution in [1.29, 1.82) is 0 Å². The Morgan fingerprint density at radius 1 is 1.19 bits per heavy atom. The van der Waals surface area contributed by atoms with Crippen molar-refractivity contribution >= 4 is 63.4 Å². The molecule has 2 N–H and O–H groups in total. The number of anilines is 2. The summed E-state index contributed by atoms with van der Waals surface area (Å²) in [6, 6.07) is 6.66. The van der Waals surface area contributed by atoms with Gasteiger partial charge >= 0.3 is 11.9 Å². The molecule has 1 aliphatic heterocycles. The van der Waals surface area contributed by atoms with Crippen molar-refractivity contribution in [1.82, 2.24) is 0 Å². The molecule has 1 aliphatic carbocycles. The van der Waals surface area contributed by atoms with Crippen LogP contribution in [0.15, 0.2) is 41.3 Å². The Morgan fingerprint density at radius 3 is 2.59 bits per heavy atom. The first kappa shape index (κ1) is 26.6. The Morgan fingerprint density at radius 2 is 1.92 bits per heavy atom. The summed E-state index contributed by atoms with van der Waals surface area (Å²) in [5.74, 6) is -2.57. The Bertz CT molecular complexity index is 1280. The number of benzene rings is 1. The highest BCUT2D eigenvalue weighted by Crippen LogP contribution is 2.45. The highest BCUT2D eigenvalue weighted by molar-refractivity contribution is 8.00. The van der Waals surface area contributed by atoms with Crippen molar-refractivity contribution in [2.45, 2.75) is 49.7 Å². The maximum atomic E-state index is 13.4. The van der Waals surface area contributed by atoms with E-state index in [0.717, 1.165) is 45.2 Å². The largest absolute Gasteiger partial charge is 0.478 e. The molecule has 1 aromatic carbocycles. The van der Waals surface area contributed by atoms with Gasteiger partial charge in [-0.2, -0.15) is 0 Å². The van der Waals surface area contributed by atoms with Gasteiger partial charge in [-0.15, -0.1) is 23.1 Å². The molecule has 1 saturated heterocycles. The van der Waals surface area contributed by atoms with Crippen molar-refractivity contribution in [2.75, 3.05) is 16.8 Å². The molecule has 2 atom stereocenters. The number of amides is 3. The SMILES string of the molecule is CCOC(=O)c1c(N2C(=O)C[C@@H](Sc3ccc(NC(=O)/C=C/C(=O)O)cc3)C2=O)sc2c1CC[C@H](C)C2. The molecule has 0 saturated carbocycles. The number of hydrogen-bond donors (Lipinski definition) is 2. The molecule has 4 rings (SSSR count). The van der Waals surface area contributed by atoms with Crippen LogP contribution < -0.4 is 10.2 Å². The third-order valence-electron chi connectivity index (χ3n) is 6.06. The number of ether oxygens (including phenoxy) is 1. The number of carbonyl (C=O) groups excluding carboxylic acids is 4. The molecule has 1 aromatic heterocycles. The Hall–Kier alpha value is -3.44. The number of esters is 1. The fourth-order valence-electron chi connectivity index (χ4n) is 4.33. The minimum atomic E-state index is -1.22. The molecule has 2 aliphatic rings. The molecule has 194 valence electrons. The van der Waals surface area contributed by atoms with E-state index in [4.69, 9.17) is 9.84 Å². The highest BCUT2D eigenvalue weighted by atomic mass is 32.2. The summed E-state index contributed by atoms with van der Waals surface area (Å²) in [5, 5.41) is 10.9. The van der Waals surface area contributed by atoms with Gasteiger partial charge in [-0.25, -0.2) is 14.5 Å². The Kier molecular flexibility index (Phi) is 8.13.